The predicted octanol–water partition coefficient (Wildman–Crippen LogP) is 0.901. The first-order chi connectivity index (χ1) is 6.59. The van der Waals surface area contributed by atoms with Crippen molar-refractivity contribution in [3.05, 3.63) is 0 Å². The molecule has 1 heterocycles. The fraction of sp³-hybridized carbons (Fsp3) is 0.909. The summed E-state index contributed by atoms with van der Waals surface area (Å²) < 4.78 is 0. The monoisotopic (exact) mass is 196 g/mol. The van der Waals surface area contributed by atoms with Crippen molar-refractivity contribution in [3.63, 3.8) is 0 Å². The molecular weight excluding hydrogens is 176 g/mol. The van der Waals surface area contributed by atoms with Crippen LogP contribution < -0.4 is 10.6 Å². The third-order valence-corrected chi connectivity index (χ3v) is 3.50. The molecule has 0 aromatic rings. The molecule has 0 aromatic heterocycles. The molecule has 2 rings (SSSR count). The highest BCUT2D eigenvalue weighted by molar-refractivity contribution is 5.79. The number of amides is 1. The largest absolute Gasteiger partial charge is 0.353 e. The molecule has 2 N–H and O–H groups in total. The van der Waals surface area contributed by atoms with Crippen LogP contribution in [0.2, 0.25) is 0 Å². The lowest BCUT2D eigenvalue weighted by molar-refractivity contribution is -0.125. The van der Waals surface area contributed by atoms with Gasteiger partial charge in [0, 0.05) is 12.6 Å². The molecule has 1 aliphatic carbocycles. The summed E-state index contributed by atoms with van der Waals surface area (Å²) in [6.07, 6.45) is 3.32. The Kier molecular flexibility index (Phi) is 2.52. The predicted molar refractivity (Wildman–Crippen MR) is 55.9 cm³/mol. The van der Waals surface area contributed by atoms with E-state index in [4.69, 9.17) is 0 Å². The minimum atomic E-state index is 0.208. The molecule has 14 heavy (non-hydrogen) atoms. The third kappa shape index (κ3) is 2.08. The smallest absolute Gasteiger partial charge is 0.224 e. The van der Waals surface area contributed by atoms with Crippen LogP contribution >= 0.6 is 0 Å². The van der Waals surface area contributed by atoms with E-state index < -0.39 is 0 Å². The second kappa shape index (κ2) is 3.54. The highest BCUT2D eigenvalue weighted by atomic mass is 16.2. The maximum atomic E-state index is 11.8. The van der Waals surface area contributed by atoms with Crippen molar-refractivity contribution in [1.82, 2.24) is 10.6 Å². The first-order valence-corrected chi connectivity index (χ1v) is 5.61. The van der Waals surface area contributed by atoms with E-state index in [0.717, 1.165) is 32.4 Å². The van der Waals surface area contributed by atoms with E-state index in [9.17, 15) is 4.79 Å². The molecule has 2 atom stereocenters. The molecule has 0 bridgehead atoms. The maximum absolute atomic E-state index is 11.8. The van der Waals surface area contributed by atoms with Gasteiger partial charge in [-0.2, -0.15) is 0 Å². The Morgan fingerprint density at radius 1 is 1.50 bits per heavy atom. The Hall–Kier alpha value is -0.570. The highest BCUT2D eigenvalue weighted by Crippen LogP contribution is 2.44. The van der Waals surface area contributed by atoms with Gasteiger partial charge >= 0.3 is 0 Å². The van der Waals surface area contributed by atoms with Gasteiger partial charge in [-0.1, -0.05) is 13.8 Å². The molecule has 1 saturated carbocycles. The fourth-order valence-corrected chi connectivity index (χ4v) is 2.08. The Morgan fingerprint density at radius 3 is 2.71 bits per heavy atom. The lowest BCUT2D eigenvalue weighted by Crippen LogP contribution is -2.42. The minimum Gasteiger partial charge on any atom is -0.353 e. The lowest BCUT2D eigenvalue weighted by Gasteiger charge is -2.22. The third-order valence-electron chi connectivity index (χ3n) is 3.50. The molecule has 3 heteroatoms. The van der Waals surface area contributed by atoms with Crippen molar-refractivity contribution in [3.8, 4) is 0 Å². The summed E-state index contributed by atoms with van der Waals surface area (Å²) in [6, 6.07) is 0.428. The number of carbonyl (C=O) groups is 1. The zero-order chi connectivity index (χ0) is 10.2. The van der Waals surface area contributed by atoms with E-state index in [1.807, 2.05) is 0 Å². The molecule has 0 spiro atoms. The summed E-state index contributed by atoms with van der Waals surface area (Å²) in [5, 5.41) is 6.40. The van der Waals surface area contributed by atoms with E-state index >= 15 is 0 Å². The van der Waals surface area contributed by atoms with Gasteiger partial charge in [0.05, 0.1) is 5.92 Å². The molecule has 1 aliphatic heterocycles. The van der Waals surface area contributed by atoms with Crippen LogP contribution in [0.1, 0.15) is 33.1 Å². The van der Waals surface area contributed by atoms with Gasteiger partial charge in [0.25, 0.3) is 0 Å². The van der Waals surface area contributed by atoms with Crippen molar-refractivity contribution in [2.45, 2.75) is 39.2 Å². The van der Waals surface area contributed by atoms with Gasteiger partial charge in [0.2, 0.25) is 5.91 Å². The Bertz CT molecular complexity index is 231. The Morgan fingerprint density at radius 2 is 2.21 bits per heavy atom. The zero-order valence-electron chi connectivity index (χ0n) is 9.10. The summed E-state index contributed by atoms with van der Waals surface area (Å²) in [6.45, 7) is 6.34. The highest BCUT2D eigenvalue weighted by Gasteiger charge is 2.47. The van der Waals surface area contributed by atoms with Crippen LogP contribution in [0.5, 0.6) is 0 Å². The molecule has 2 aliphatic rings. The molecule has 2 fully saturated rings. The molecular formula is C11H20N2O. The summed E-state index contributed by atoms with van der Waals surface area (Å²) >= 11 is 0. The number of piperidine rings is 1. The van der Waals surface area contributed by atoms with Gasteiger partial charge in [-0.3, -0.25) is 4.79 Å². The standard InChI is InChI=1S/C11H20N2O/c1-11(2)6-9(11)13-10(14)8-4-3-5-12-7-8/h8-9,12H,3-7H2,1-2H3,(H,13,14). The number of hydrogen-bond acceptors (Lipinski definition) is 2. The Balaban J connectivity index is 1.78. The quantitative estimate of drug-likeness (QED) is 0.689. The average Bonchev–Trinajstić information content (AvgIpc) is 2.75. The molecule has 3 nitrogen and oxygen atoms in total. The first kappa shape index (κ1) is 9.97. The van der Waals surface area contributed by atoms with Crippen LogP contribution in [-0.4, -0.2) is 25.0 Å². The van der Waals surface area contributed by atoms with Gasteiger partial charge in [-0.15, -0.1) is 0 Å². The van der Waals surface area contributed by atoms with E-state index in [0.29, 0.717) is 11.5 Å². The van der Waals surface area contributed by atoms with Crippen molar-refractivity contribution < 1.29 is 4.79 Å². The topological polar surface area (TPSA) is 41.1 Å². The Labute approximate surface area is 85.6 Å². The summed E-state index contributed by atoms with van der Waals surface area (Å²) in [5.41, 5.74) is 0.345. The second-order valence-corrected chi connectivity index (χ2v) is 5.30. The van der Waals surface area contributed by atoms with Gasteiger partial charge in [-0.25, -0.2) is 0 Å². The average molecular weight is 196 g/mol. The minimum absolute atomic E-state index is 0.208. The van der Waals surface area contributed by atoms with Gasteiger partial charge < -0.3 is 10.6 Å². The van der Waals surface area contributed by atoms with Crippen LogP contribution in [0, 0.1) is 11.3 Å². The second-order valence-electron chi connectivity index (χ2n) is 5.30. The first-order valence-electron chi connectivity index (χ1n) is 5.61. The number of hydrogen-bond donors (Lipinski definition) is 2. The van der Waals surface area contributed by atoms with Gasteiger partial charge in [0.1, 0.15) is 0 Å². The van der Waals surface area contributed by atoms with E-state index in [1.165, 1.54) is 0 Å². The van der Waals surface area contributed by atoms with E-state index in [2.05, 4.69) is 24.5 Å². The van der Waals surface area contributed by atoms with Gasteiger partial charge in [-0.05, 0) is 31.2 Å². The van der Waals surface area contributed by atoms with Gasteiger partial charge in [0.15, 0.2) is 0 Å². The van der Waals surface area contributed by atoms with Crippen LogP contribution in [0.4, 0.5) is 0 Å². The molecule has 2 unspecified atom stereocenters. The van der Waals surface area contributed by atoms with Crippen molar-refractivity contribution in [2.75, 3.05) is 13.1 Å². The van der Waals surface area contributed by atoms with Crippen LogP contribution in [0.3, 0.4) is 0 Å². The molecule has 1 saturated heterocycles. The summed E-state index contributed by atoms with van der Waals surface area (Å²) in [7, 11) is 0. The number of nitrogens with one attached hydrogen (secondary N) is 2. The number of rotatable bonds is 2. The van der Waals surface area contributed by atoms with Crippen molar-refractivity contribution >= 4 is 5.91 Å². The van der Waals surface area contributed by atoms with Crippen LogP contribution in [-0.2, 0) is 4.79 Å². The molecule has 80 valence electrons. The normalized spacial score (nSPS) is 35.0. The van der Waals surface area contributed by atoms with Crippen LogP contribution in [0.25, 0.3) is 0 Å². The molecule has 1 amide bonds. The summed E-state index contributed by atoms with van der Waals surface area (Å²) in [4.78, 5) is 11.8. The number of carbonyl (C=O) groups excluding carboxylic acids is 1. The molecule has 0 radical (unpaired) electrons. The van der Waals surface area contributed by atoms with Crippen molar-refractivity contribution in [2.24, 2.45) is 11.3 Å². The maximum Gasteiger partial charge on any atom is 0.224 e. The van der Waals surface area contributed by atoms with Crippen LogP contribution in [0.15, 0.2) is 0 Å². The summed E-state index contributed by atoms with van der Waals surface area (Å²) in [5.74, 6) is 0.466. The SMILES string of the molecule is CC1(C)CC1NC(=O)C1CCCNC1. The lowest BCUT2D eigenvalue weighted by atomic mass is 9.99. The molecule has 0 aromatic carbocycles. The zero-order valence-corrected chi connectivity index (χ0v) is 9.10. The van der Waals surface area contributed by atoms with E-state index in [-0.39, 0.29) is 11.8 Å². The fourth-order valence-electron chi connectivity index (χ4n) is 2.08. The van der Waals surface area contributed by atoms with Crippen molar-refractivity contribution in [1.29, 1.82) is 0 Å². The van der Waals surface area contributed by atoms with E-state index in [1.54, 1.807) is 0 Å².